The van der Waals surface area contributed by atoms with E-state index in [9.17, 15) is 9.18 Å². The van der Waals surface area contributed by atoms with Gasteiger partial charge in [-0.05, 0) is 45.0 Å². The van der Waals surface area contributed by atoms with E-state index in [2.05, 4.69) is 16.8 Å². The van der Waals surface area contributed by atoms with Crippen LogP contribution in [-0.4, -0.2) is 44.4 Å². The molecule has 0 spiro atoms. The summed E-state index contributed by atoms with van der Waals surface area (Å²) in [6, 6.07) is 14.3. The van der Waals surface area contributed by atoms with Crippen LogP contribution in [0.5, 0.6) is 0 Å². The Morgan fingerprint density at radius 1 is 1.17 bits per heavy atom. The Balaban J connectivity index is 1.95. The molecule has 1 aromatic heterocycles. The molecular formula is C23H25FN4OS. The predicted octanol–water partition coefficient (Wildman–Crippen LogP) is 4.90. The molecule has 1 heterocycles. The van der Waals surface area contributed by atoms with Gasteiger partial charge < -0.3 is 4.90 Å². The van der Waals surface area contributed by atoms with Crippen LogP contribution < -0.4 is 0 Å². The molecule has 30 heavy (non-hydrogen) atoms. The van der Waals surface area contributed by atoms with Crippen molar-refractivity contribution < 1.29 is 9.18 Å². The third-order valence-corrected chi connectivity index (χ3v) is 5.47. The molecule has 3 rings (SSSR count). The molecule has 156 valence electrons. The summed E-state index contributed by atoms with van der Waals surface area (Å²) < 4.78 is 16.3. The topological polar surface area (TPSA) is 51.0 Å². The highest BCUT2D eigenvalue weighted by Gasteiger charge is 2.20. The fraction of sp³-hybridized carbons (Fsp3) is 0.261. The predicted molar refractivity (Wildman–Crippen MR) is 119 cm³/mol. The first-order valence-electron chi connectivity index (χ1n) is 9.73. The molecule has 0 aliphatic rings. The fourth-order valence-corrected chi connectivity index (χ4v) is 3.88. The minimum atomic E-state index is -0.371. The molecule has 0 radical (unpaired) electrons. The average molecular weight is 425 g/mol. The van der Waals surface area contributed by atoms with Gasteiger partial charge in [0.15, 0.2) is 11.0 Å². The molecule has 0 unspecified atom stereocenters. The van der Waals surface area contributed by atoms with Crippen molar-refractivity contribution in [3.8, 4) is 17.1 Å². The van der Waals surface area contributed by atoms with Crippen LogP contribution >= 0.6 is 11.8 Å². The molecule has 7 heteroatoms. The largest absolute Gasteiger partial charge is 0.338 e. The summed E-state index contributed by atoms with van der Waals surface area (Å²) in [6.45, 7) is 10.9. The molecule has 0 atom stereocenters. The second-order valence-electron chi connectivity index (χ2n) is 7.11. The molecule has 0 saturated carbocycles. The summed E-state index contributed by atoms with van der Waals surface area (Å²) in [7, 11) is 0. The minimum Gasteiger partial charge on any atom is -0.338 e. The van der Waals surface area contributed by atoms with E-state index in [0.717, 1.165) is 16.8 Å². The number of carbonyl (C=O) groups excluding carboxylic acids is 1. The summed E-state index contributed by atoms with van der Waals surface area (Å²) in [5.41, 5.74) is 3.22. The number of aryl methyl sites for hydroxylation is 1. The number of nitrogens with zero attached hydrogens (tertiary/aromatic N) is 4. The van der Waals surface area contributed by atoms with Gasteiger partial charge in [-0.15, -0.1) is 10.2 Å². The van der Waals surface area contributed by atoms with Crippen molar-refractivity contribution in [2.75, 3.05) is 18.8 Å². The van der Waals surface area contributed by atoms with Crippen LogP contribution in [0.4, 0.5) is 4.39 Å². The van der Waals surface area contributed by atoms with Crippen LogP contribution in [0.1, 0.15) is 19.4 Å². The van der Waals surface area contributed by atoms with Crippen molar-refractivity contribution in [2.45, 2.75) is 25.9 Å². The second-order valence-corrected chi connectivity index (χ2v) is 8.05. The normalized spacial score (nSPS) is 10.8. The molecular weight excluding hydrogens is 399 g/mol. The van der Waals surface area contributed by atoms with E-state index >= 15 is 0 Å². The third kappa shape index (κ3) is 4.97. The third-order valence-electron chi connectivity index (χ3n) is 4.56. The lowest BCUT2D eigenvalue weighted by atomic mass is 10.2. The number of thioether (sulfide) groups is 1. The Kier molecular flexibility index (Phi) is 7.05. The number of rotatable bonds is 8. The highest BCUT2D eigenvalue weighted by Crippen LogP contribution is 2.29. The Labute approximate surface area is 180 Å². The Bertz CT molecular complexity index is 1050. The van der Waals surface area contributed by atoms with Crippen LogP contribution in [-0.2, 0) is 4.79 Å². The molecule has 2 aromatic carbocycles. The van der Waals surface area contributed by atoms with Gasteiger partial charge in [-0.2, -0.15) is 0 Å². The van der Waals surface area contributed by atoms with Crippen molar-refractivity contribution in [1.82, 2.24) is 19.7 Å². The van der Waals surface area contributed by atoms with E-state index in [1.807, 2.05) is 45.0 Å². The maximum atomic E-state index is 14.5. The van der Waals surface area contributed by atoms with Crippen LogP contribution in [0.2, 0.25) is 0 Å². The molecule has 1 amide bonds. The number of halogens is 1. The summed E-state index contributed by atoms with van der Waals surface area (Å²) in [4.78, 5) is 14.4. The van der Waals surface area contributed by atoms with Gasteiger partial charge in [-0.25, -0.2) is 4.39 Å². The maximum absolute atomic E-state index is 14.5. The molecule has 0 N–H and O–H groups in total. The van der Waals surface area contributed by atoms with E-state index in [1.54, 1.807) is 27.7 Å². The Hall–Kier alpha value is -2.93. The quantitative estimate of drug-likeness (QED) is 0.381. The maximum Gasteiger partial charge on any atom is 0.233 e. The number of likely N-dealkylation sites (N-methyl/N-ethyl adjacent to an activating group) is 1. The first-order chi connectivity index (χ1) is 14.4. The van der Waals surface area contributed by atoms with Crippen LogP contribution in [0.3, 0.4) is 0 Å². The molecule has 3 aromatic rings. The zero-order chi connectivity index (χ0) is 21.7. The lowest BCUT2D eigenvalue weighted by Gasteiger charge is -2.20. The van der Waals surface area contributed by atoms with E-state index in [-0.39, 0.29) is 17.5 Å². The molecule has 0 aliphatic carbocycles. The van der Waals surface area contributed by atoms with E-state index in [4.69, 9.17) is 0 Å². The van der Waals surface area contributed by atoms with Gasteiger partial charge in [0.1, 0.15) is 5.82 Å². The number of aromatic nitrogens is 3. The highest BCUT2D eigenvalue weighted by molar-refractivity contribution is 7.99. The van der Waals surface area contributed by atoms with Crippen molar-refractivity contribution in [3.63, 3.8) is 0 Å². The number of carbonyl (C=O) groups is 1. The SMILES string of the molecule is C=C(C)CN(CC)C(=O)CSc1nnc(-c2ccccc2F)n1-c1ccc(C)cc1. The zero-order valence-electron chi connectivity index (χ0n) is 17.4. The molecule has 0 fully saturated rings. The van der Waals surface area contributed by atoms with Crippen molar-refractivity contribution in [1.29, 1.82) is 0 Å². The standard InChI is InChI=1S/C23H25FN4OS/c1-5-27(14-16(2)3)21(29)15-30-23-26-25-22(19-8-6-7-9-20(19)24)28(23)18-12-10-17(4)11-13-18/h6-13H,2,5,14-15H2,1,3-4H3. The summed E-state index contributed by atoms with van der Waals surface area (Å²) >= 11 is 1.29. The number of hydrogen-bond donors (Lipinski definition) is 0. The van der Waals surface area contributed by atoms with Crippen LogP contribution in [0, 0.1) is 12.7 Å². The molecule has 0 bridgehead atoms. The Morgan fingerprint density at radius 2 is 1.87 bits per heavy atom. The molecule has 0 saturated heterocycles. The first kappa shape index (κ1) is 21.8. The highest BCUT2D eigenvalue weighted by atomic mass is 32.2. The zero-order valence-corrected chi connectivity index (χ0v) is 18.2. The number of benzene rings is 2. The van der Waals surface area contributed by atoms with Crippen molar-refractivity contribution in [2.24, 2.45) is 0 Å². The van der Waals surface area contributed by atoms with Gasteiger partial charge in [0.05, 0.1) is 11.3 Å². The van der Waals surface area contributed by atoms with Gasteiger partial charge in [-0.3, -0.25) is 9.36 Å². The summed E-state index contributed by atoms with van der Waals surface area (Å²) in [5.74, 6) is 0.240. The first-order valence-corrected chi connectivity index (χ1v) is 10.7. The number of amides is 1. The Morgan fingerprint density at radius 3 is 2.50 bits per heavy atom. The van der Waals surface area contributed by atoms with Gasteiger partial charge in [0.2, 0.25) is 5.91 Å². The smallest absolute Gasteiger partial charge is 0.233 e. The molecule has 0 aliphatic heterocycles. The fourth-order valence-electron chi connectivity index (χ4n) is 3.03. The lowest BCUT2D eigenvalue weighted by Crippen LogP contribution is -2.33. The van der Waals surface area contributed by atoms with E-state index < -0.39 is 0 Å². The van der Waals surface area contributed by atoms with Gasteiger partial charge in [0, 0.05) is 18.8 Å². The summed E-state index contributed by atoms with van der Waals surface area (Å²) in [5, 5.41) is 9.06. The number of hydrogen-bond acceptors (Lipinski definition) is 4. The van der Waals surface area contributed by atoms with Gasteiger partial charge in [0.25, 0.3) is 0 Å². The van der Waals surface area contributed by atoms with E-state index in [1.165, 1.54) is 17.8 Å². The van der Waals surface area contributed by atoms with Crippen LogP contribution in [0.25, 0.3) is 17.1 Å². The van der Waals surface area contributed by atoms with E-state index in [0.29, 0.717) is 29.6 Å². The van der Waals surface area contributed by atoms with Gasteiger partial charge in [-0.1, -0.05) is 53.7 Å². The summed E-state index contributed by atoms with van der Waals surface area (Å²) in [6.07, 6.45) is 0. The lowest BCUT2D eigenvalue weighted by molar-refractivity contribution is -0.127. The average Bonchev–Trinajstić information content (AvgIpc) is 3.14. The van der Waals surface area contributed by atoms with Gasteiger partial charge >= 0.3 is 0 Å². The van der Waals surface area contributed by atoms with Crippen molar-refractivity contribution >= 4 is 17.7 Å². The second kappa shape index (κ2) is 9.71. The van der Waals surface area contributed by atoms with Crippen molar-refractivity contribution in [3.05, 3.63) is 72.1 Å². The monoisotopic (exact) mass is 424 g/mol. The van der Waals surface area contributed by atoms with Crippen LogP contribution in [0.15, 0.2) is 65.8 Å². The molecule has 5 nitrogen and oxygen atoms in total. The minimum absolute atomic E-state index is 0.00334.